The molecule has 0 rings (SSSR count). The summed E-state index contributed by atoms with van der Waals surface area (Å²) >= 11 is 0. The van der Waals surface area contributed by atoms with E-state index in [1.165, 1.54) is 32.1 Å². The maximum atomic E-state index is 12.5. The molecular weight excluding hydrogens is 689 g/mol. The summed E-state index contributed by atoms with van der Waals surface area (Å²) in [5.74, 6) is -0.889. The minimum atomic E-state index is -4.39. The Kier molecular flexibility index (Phi) is 37.3. The van der Waals surface area contributed by atoms with Gasteiger partial charge in [0.25, 0.3) is 0 Å². The van der Waals surface area contributed by atoms with Crippen molar-refractivity contribution in [1.29, 1.82) is 0 Å². The van der Waals surface area contributed by atoms with E-state index in [4.69, 9.17) is 24.3 Å². The Morgan fingerprint density at radius 3 is 1.55 bits per heavy atom. The molecule has 0 fully saturated rings. The van der Waals surface area contributed by atoms with E-state index in [9.17, 15) is 19.0 Å². The Morgan fingerprint density at radius 1 is 0.566 bits per heavy atom. The molecular formula is C43H74NO8P. The second kappa shape index (κ2) is 39.2. The third-order valence-electron chi connectivity index (χ3n) is 8.05. The number of hydrogen-bond acceptors (Lipinski definition) is 8. The van der Waals surface area contributed by atoms with Gasteiger partial charge < -0.3 is 20.1 Å². The van der Waals surface area contributed by atoms with Gasteiger partial charge in [-0.3, -0.25) is 18.6 Å². The highest BCUT2D eigenvalue weighted by molar-refractivity contribution is 7.47. The number of phosphoric ester groups is 1. The summed E-state index contributed by atoms with van der Waals surface area (Å²) < 4.78 is 32.7. The van der Waals surface area contributed by atoms with Crippen molar-refractivity contribution in [3.63, 3.8) is 0 Å². The van der Waals surface area contributed by atoms with Crippen LogP contribution in [0.5, 0.6) is 0 Å². The van der Waals surface area contributed by atoms with Crippen LogP contribution >= 0.6 is 7.82 Å². The standard InChI is InChI=1S/C43H74NO8P/c1-3-5-7-9-11-13-15-17-19-20-22-23-25-27-29-31-33-35-42(45)49-39-41(40-51-53(47,48)50-38-37-44)52-43(46)36-34-32-30-28-26-24-21-18-16-14-12-10-8-6-4-2/h7,9,12-15,18-21,23,25,41H,3-6,8,10-11,16-17,22,24,26-40,44H2,1-2H3,(H,47,48)/b9-7+,14-12+,15-13+,20-19+,21-18+,25-23+/t41-/m1/s1. The molecule has 0 heterocycles. The van der Waals surface area contributed by atoms with Crippen LogP contribution in [0, 0.1) is 0 Å². The van der Waals surface area contributed by atoms with E-state index >= 15 is 0 Å². The maximum absolute atomic E-state index is 12.5. The van der Waals surface area contributed by atoms with Gasteiger partial charge in [-0.15, -0.1) is 0 Å². The Labute approximate surface area is 322 Å². The second-order valence-electron chi connectivity index (χ2n) is 13.1. The SMILES string of the molecule is CCC/C=C/C/C=C/C/C=C/C/C=C/CCCCCC(=O)OC[C@H](COP(=O)(O)OCCN)OC(=O)CCCCCCC/C=C/C/C=C/CCCCC. The highest BCUT2D eigenvalue weighted by Crippen LogP contribution is 2.43. The van der Waals surface area contributed by atoms with Crippen molar-refractivity contribution in [3.8, 4) is 0 Å². The summed E-state index contributed by atoms with van der Waals surface area (Å²) in [7, 11) is -4.39. The molecule has 0 saturated carbocycles. The quantitative estimate of drug-likeness (QED) is 0.0274. The van der Waals surface area contributed by atoms with Gasteiger partial charge in [-0.1, -0.05) is 132 Å². The number of esters is 2. The van der Waals surface area contributed by atoms with Crippen LogP contribution in [0.3, 0.4) is 0 Å². The van der Waals surface area contributed by atoms with Crippen molar-refractivity contribution in [3.05, 3.63) is 72.9 Å². The van der Waals surface area contributed by atoms with Crippen LogP contribution in [-0.4, -0.2) is 49.3 Å². The molecule has 53 heavy (non-hydrogen) atoms. The zero-order valence-electron chi connectivity index (χ0n) is 33.2. The Hall–Kier alpha value is -2.55. The maximum Gasteiger partial charge on any atom is 0.472 e. The molecule has 0 aliphatic heterocycles. The van der Waals surface area contributed by atoms with Crippen molar-refractivity contribution in [2.24, 2.45) is 5.73 Å². The van der Waals surface area contributed by atoms with Crippen LogP contribution in [0.2, 0.25) is 0 Å². The molecule has 0 aliphatic carbocycles. The first-order chi connectivity index (χ1) is 25.8. The van der Waals surface area contributed by atoms with E-state index < -0.39 is 32.5 Å². The molecule has 0 amide bonds. The number of allylic oxidation sites excluding steroid dienone is 12. The Morgan fingerprint density at radius 2 is 1.02 bits per heavy atom. The first kappa shape index (κ1) is 50.5. The number of carbonyl (C=O) groups excluding carboxylic acids is 2. The van der Waals surface area contributed by atoms with Gasteiger partial charge in [-0.05, 0) is 83.5 Å². The molecule has 3 N–H and O–H groups in total. The van der Waals surface area contributed by atoms with E-state index in [-0.39, 0.29) is 32.6 Å². The topological polar surface area (TPSA) is 134 Å². The minimum Gasteiger partial charge on any atom is -0.462 e. The largest absolute Gasteiger partial charge is 0.472 e. The molecule has 0 spiro atoms. The van der Waals surface area contributed by atoms with Gasteiger partial charge >= 0.3 is 19.8 Å². The van der Waals surface area contributed by atoms with Crippen LogP contribution in [-0.2, 0) is 32.7 Å². The van der Waals surface area contributed by atoms with E-state index in [0.717, 1.165) is 83.5 Å². The van der Waals surface area contributed by atoms with Crippen molar-refractivity contribution in [1.82, 2.24) is 0 Å². The zero-order chi connectivity index (χ0) is 38.9. The van der Waals surface area contributed by atoms with Crippen LogP contribution < -0.4 is 5.73 Å². The van der Waals surface area contributed by atoms with Crippen LogP contribution in [0.25, 0.3) is 0 Å². The Balaban J connectivity index is 4.29. The molecule has 0 aromatic carbocycles. The number of unbranched alkanes of at least 4 members (excludes halogenated alkanes) is 12. The third-order valence-corrected chi connectivity index (χ3v) is 9.03. The van der Waals surface area contributed by atoms with E-state index in [0.29, 0.717) is 12.8 Å². The summed E-state index contributed by atoms with van der Waals surface area (Å²) in [6.07, 6.45) is 46.4. The lowest BCUT2D eigenvalue weighted by molar-refractivity contribution is -0.161. The molecule has 0 aromatic heterocycles. The van der Waals surface area contributed by atoms with E-state index in [2.05, 4.69) is 86.8 Å². The van der Waals surface area contributed by atoms with Crippen molar-refractivity contribution >= 4 is 19.8 Å². The second-order valence-corrected chi connectivity index (χ2v) is 14.6. The number of phosphoric acid groups is 1. The third kappa shape index (κ3) is 39.0. The number of nitrogens with two attached hydrogens (primary N) is 1. The summed E-state index contributed by atoms with van der Waals surface area (Å²) in [5.41, 5.74) is 5.34. The smallest absolute Gasteiger partial charge is 0.462 e. The molecule has 9 nitrogen and oxygen atoms in total. The highest BCUT2D eigenvalue weighted by atomic mass is 31.2. The summed E-state index contributed by atoms with van der Waals surface area (Å²) in [4.78, 5) is 34.8. The van der Waals surface area contributed by atoms with Gasteiger partial charge in [-0.2, -0.15) is 0 Å². The summed E-state index contributed by atoms with van der Waals surface area (Å²) in [6.45, 7) is 3.56. The molecule has 0 aliphatic rings. The van der Waals surface area contributed by atoms with Gasteiger partial charge in [0, 0.05) is 19.4 Å². The first-order valence-electron chi connectivity index (χ1n) is 20.4. The van der Waals surface area contributed by atoms with E-state index in [1.54, 1.807) is 0 Å². The molecule has 1 unspecified atom stereocenters. The number of hydrogen-bond donors (Lipinski definition) is 2. The Bertz CT molecular complexity index is 1100. The van der Waals surface area contributed by atoms with Gasteiger partial charge in [0.15, 0.2) is 6.10 Å². The predicted molar refractivity (Wildman–Crippen MR) is 219 cm³/mol. The summed E-state index contributed by atoms with van der Waals surface area (Å²) in [5, 5.41) is 0. The molecule has 0 aromatic rings. The average molecular weight is 764 g/mol. The zero-order valence-corrected chi connectivity index (χ0v) is 34.1. The lowest BCUT2D eigenvalue weighted by atomic mass is 10.1. The van der Waals surface area contributed by atoms with Crippen molar-refractivity contribution in [2.45, 2.75) is 161 Å². The van der Waals surface area contributed by atoms with Gasteiger partial charge in [0.2, 0.25) is 0 Å². The van der Waals surface area contributed by atoms with Gasteiger partial charge in [-0.25, -0.2) is 4.57 Å². The minimum absolute atomic E-state index is 0.0426. The fourth-order valence-corrected chi connectivity index (χ4v) is 5.77. The molecule has 304 valence electrons. The monoisotopic (exact) mass is 764 g/mol. The number of carbonyl (C=O) groups is 2. The van der Waals surface area contributed by atoms with Crippen LogP contribution in [0.1, 0.15) is 155 Å². The fourth-order valence-electron chi connectivity index (χ4n) is 5.01. The first-order valence-corrected chi connectivity index (χ1v) is 21.9. The van der Waals surface area contributed by atoms with Crippen molar-refractivity contribution < 1.29 is 37.6 Å². The highest BCUT2D eigenvalue weighted by Gasteiger charge is 2.25. The van der Waals surface area contributed by atoms with Gasteiger partial charge in [0.1, 0.15) is 6.61 Å². The lowest BCUT2D eigenvalue weighted by Gasteiger charge is -2.19. The fraction of sp³-hybridized carbons (Fsp3) is 0.674. The molecule has 0 bridgehead atoms. The van der Waals surface area contributed by atoms with Crippen LogP contribution in [0.4, 0.5) is 0 Å². The number of rotatable bonds is 37. The molecule has 10 heteroatoms. The predicted octanol–water partition coefficient (Wildman–Crippen LogP) is 11.5. The lowest BCUT2D eigenvalue weighted by Crippen LogP contribution is -2.29. The average Bonchev–Trinajstić information content (AvgIpc) is 3.14. The van der Waals surface area contributed by atoms with Gasteiger partial charge in [0.05, 0.1) is 13.2 Å². The summed E-state index contributed by atoms with van der Waals surface area (Å²) in [6, 6.07) is 0. The molecule has 2 atom stereocenters. The normalized spacial score (nSPS) is 14.1. The van der Waals surface area contributed by atoms with Crippen LogP contribution in [0.15, 0.2) is 72.9 Å². The molecule has 0 saturated heterocycles. The molecule has 0 radical (unpaired) electrons. The van der Waals surface area contributed by atoms with Crippen molar-refractivity contribution in [2.75, 3.05) is 26.4 Å². The number of ether oxygens (including phenoxy) is 2. The van der Waals surface area contributed by atoms with E-state index in [1.807, 2.05) is 0 Å².